The maximum absolute atomic E-state index is 2.37. The predicted molar refractivity (Wildman–Crippen MR) is 190 cm³/mol. The van der Waals surface area contributed by atoms with Gasteiger partial charge in [0.15, 0.2) is 0 Å². The molecule has 0 bridgehead atoms. The average molecular weight is 573 g/mol. The van der Waals surface area contributed by atoms with E-state index in [-0.39, 0.29) is 0 Å². The lowest BCUT2D eigenvalue weighted by atomic mass is 9.99. The van der Waals surface area contributed by atoms with Crippen LogP contribution in [0.3, 0.4) is 0 Å². The molecule has 0 N–H and O–H groups in total. The van der Waals surface area contributed by atoms with Crippen LogP contribution in [-0.4, -0.2) is 0 Å². The van der Waals surface area contributed by atoms with E-state index in [4.69, 9.17) is 0 Å². The molecule has 8 rings (SSSR count). The van der Waals surface area contributed by atoms with Gasteiger partial charge in [0.2, 0.25) is 0 Å². The van der Waals surface area contributed by atoms with Crippen LogP contribution in [0.25, 0.3) is 85.5 Å². The van der Waals surface area contributed by atoms with E-state index < -0.39 is 0 Å². The molecule has 0 aliphatic carbocycles. The van der Waals surface area contributed by atoms with Crippen LogP contribution < -0.4 is 0 Å². The van der Waals surface area contributed by atoms with Crippen molar-refractivity contribution >= 4 is 85.9 Å². The van der Waals surface area contributed by atoms with Crippen molar-refractivity contribution in [2.45, 2.75) is 13.8 Å². The van der Waals surface area contributed by atoms with Gasteiger partial charge in [-0.25, -0.2) is 0 Å². The Balaban J connectivity index is 1.16. The first kappa shape index (κ1) is 25.2. The van der Waals surface area contributed by atoms with Crippen LogP contribution in [0.4, 0.5) is 0 Å². The van der Waals surface area contributed by atoms with Crippen LogP contribution in [0.1, 0.15) is 25.0 Å². The highest BCUT2D eigenvalue weighted by Gasteiger charge is 2.14. The minimum Gasteiger partial charge on any atom is -0.134 e. The van der Waals surface area contributed by atoms with Crippen LogP contribution in [-0.2, 0) is 0 Å². The topological polar surface area (TPSA) is 0 Å². The zero-order valence-electron chi connectivity index (χ0n) is 23.5. The number of rotatable bonds is 4. The van der Waals surface area contributed by atoms with Crippen molar-refractivity contribution in [2.75, 3.05) is 0 Å². The van der Waals surface area contributed by atoms with Crippen LogP contribution in [0.15, 0.2) is 121 Å². The minimum absolute atomic E-state index is 1.24. The van der Waals surface area contributed by atoms with E-state index in [1.54, 1.807) is 0 Å². The molecule has 0 atom stereocenters. The third kappa shape index (κ3) is 4.27. The highest BCUT2D eigenvalue weighted by molar-refractivity contribution is 7.36. The summed E-state index contributed by atoms with van der Waals surface area (Å²) in [7, 11) is 0. The average Bonchev–Trinajstić information content (AvgIpc) is 3.56. The fraction of sp³-hybridized carbons (Fsp3) is 0.0500. The molecule has 0 saturated heterocycles. The van der Waals surface area contributed by atoms with Crippen LogP contribution in [0.2, 0.25) is 0 Å². The van der Waals surface area contributed by atoms with Gasteiger partial charge < -0.3 is 0 Å². The lowest BCUT2D eigenvalue weighted by molar-refractivity contribution is 1.66. The molecule has 0 unspecified atom stereocenters. The van der Waals surface area contributed by atoms with Crippen molar-refractivity contribution in [2.24, 2.45) is 0 Å². The zero-order valence-corrected chi connectivity index (χ0v) is 25.2. The van der Waals surface area contributed by atoms with Gasteiger partial charge in [0.25, 0.3) is 0 Å². The van der Waals surface area contributed by atoms with Gasteiger partial charge in [0, 0.05) is 20.2 Å². The molecular weight excluding hydrogens is 545 g/mol. The Morgan fingerprint density at radius 3 is 1.24 bits per heavy atom. The van der Waals surface area contributed by atoms with Crippen molar-refractivity contribution in [1.29, 1.82) is 0 Å². The van der Waals surface area contributed by atoms with Crippen LogP contribution in [0.5, 0.6) is 0 Å². The van der Waals surface area contributed by atoms with E-state index in [0.717, 1.165) is 0 Å². The zero-order chi connectivity index (χ0) is 28.2. The van der Waals surface area contributed by atoms with Gasteiger partial charge in [-0.05, 0) is 105 Å². The molecule has 200 valence electrons. The third-order valence-electron chi connectivity index (χ3n) is 8.20. The first-order chi connectivity index (χ1) is 20.7. The first-order valence-electron chi connectivity index (χ1n) is 14.4. The Bertz CT molecular complexity index is 2210. The van der Waals surface area contributed by atoms with Gasteiger partial charge in [-0.3, -0.25) is 0 Å². The molecule has 0 radical (unpaired) electrons. The van der Waals surface area contributed by atoms with E-state index >= 15 is 0 Å². The van der Waals surface area contributed by atoms with Crippen molar-refractivity contribution in [3.63, 3.8) is 0 Å². The van der Waals surface area contributed by atoms with Gasteiger partial charge in [0.1, 0.15) is 0 Å². The van der Waals surface area contributed by atoms with Gasteiger partial charge in [0.05, 0.1) is 9.40 Å². The van der Waals surface area contributed by atoms with Crippen LogP contribution >= 0.6 is 22.7 Å². The summed E-state index contributed by atoms with van der Waals surface area (Å²) in [4.78, 5) is 0. The standard InChI is InChI=1S/C40H28S2/c1-3-5-25-7-9-29-21-31(13-11-27(29)19-25)33-15-17-35-37(23-33)41-40-36-18-16-34(24-38(36)42-39(35)40)32-14-12-28-20-26(6-4-2)8-10-30(28)22-32/h3-24H,1-2H3. The van der Waals surface area contributed by atoms with E-state index in [2.05, 4.69) is 147 Å². The number of hydrogen-bond donors (Lipinski definition) is 0. The Labute approximate surface area is 253 Å². The molecule has 0 aliphatic heterocycles. The summed E-state index contributed by atoms with van der Waals surface area (Å²) in [6.07, 6.45) is 8.48. The smallest absolute Gasteiger partial charge is 0.0542 e. The van der Waals surface area contributed by atoms with Crippen LogP contribution in [0, 0.1) is 0 Å². The van der Waals surface area contributed by atoms with E-state index in [0.29, 0.717) is 0 Å². The summed E-state index contributed by atoms with van der Waals surface area (Å²) in [5.41, 5.74) is 7.57. The van der Waals surface area contributed by atoms with Gasteiger partial charge in [-0.2, -0.15) is 0 Å². The molecule has 0 fully saturated rings. The quantitative estimate of drug-likeness (QED) is 0.197. The summed E-state index contributed by atoms with van der Waals surface area (Å²) < 4.78 is 5.52. The highest BCUT2D eigenvalue weighted by atomic mass is 32.1. The van der Waals surface area contributed by atoms with Crippen molar-refractivity contribution in [3.05, 3.63) is 132 Å². The first-order valence-corrected chi connectivity index (χ1v) is 16.0. The van der Waals surface area contributed by atoms with Crippen molar-refractivity contribution < 1.29 is 0 Å². The SMILES string of the molecule is CC=Cc1ccc2cc(-c3ccc4c(c3)sc3c5ccc(-c6ccc7cc(C=CC)ccc7c6)cc5sc43)ccc2c1. The molecule has 42 heavy (non-hydrogen) atoms. The molecule has 0 amide bonds. The molecule has 8 aromatic rings. The number of hydrogen-bond acceptors (Lipinski definition) is 2. The predicted octanol–water partition coefficient (Wildman–Crippen LogP) is 13.0. The monoisotopic (exact) mass is 572 g/mol. The maximum Gasteiger partial charge on any atom is 0.0542 e. The second-order valence-electron chi connectivity index (χ2n) is 10.9. The molecular formula is C40H28S2. The fourth-order valence-corrected chi connectivity index (χ4v) is 8.83. The molecule has 0 aliphatic rings. The largest absolute Gasteiger partial charge is 0.134 e. The van der Waals surface area contributed by atoms with Crippen molar-refractivity contribution in [1.82, 2.24) is 0 Å². The summed E-state index contributed by atoms with van der Waals surface area (Å²) in [6, 6.07) is 41.0. The number of allylic oxidation sites excluding steroid dienone is 2. The highest BCUT2D eigenvalue weighted by Crippen LogP contribution is 2.46. The third-order valence-corrected chi connectivity index (χ3v) is 10.7. The van der Waals surface area contributed by atoms with Gasteiger partial charge >= 0.3 is 0 Å². The fourth-order valence-electron chi connectivity index (χ4n) is 6.09. The Morgan fingerprint density at radius 2 is 0.786 bits per heavy atom. The number of thiophene rings is 2. The molecule has 0 spiro atoms. The van der Waals surface area contributed by atoms with E-state index in [1.807, 2.05) is 22.7 Å². The molecule has 2 heteroatoms. The number of benzene rings is 6. The summed E-state index contributed by atoms with van der Waals surface area (Å²) in [5.74, 6) is 0. The maximum atomic E-state index is 2.37. The molecule has 0 saturated carbocycles. The molecule has 2 heterocycles. The summed E-state index contributed by atoms with van der Waals surface area (Å²) >= 11 is 3.85. The van der Waals surface area contributed by atoms with E-state index in [9.17, 15) is 0 Å². The van der Waals surface area contributed by atoms with E-state index in [1.165, 1.54) is 84.5 Å². The minimum atomic E-state index is 1.24. The molecule has 0 nitrogen and oxygen atoms in total. The molecule has 2 aromatic heterocycles. The van der Waals surface area contributed by atoms with Gasteiger partial charge in [-0.15, -0.1) is 22.7 Å². The summed E-state index contributed by atoms with van der Waals surface area (Å²) in [6.45, 7) is 4.12. The second-order valence-corrected chi connectivity index (χ2v) is 13.0. The molecule has 6 aromatic carbocycles. The Morgan fingerprint density at radius 1 is 0.405 bits per heavy atom. The van der Waals surface area contributed by atoms with Crippen molar-refractivity contribution in [3.8, 4) is 22.3 Å². The Kier molecular flexibility index (Phi) is 6.06. The van der Waals surface area contributed by atoms with Gasteiger partial charge in [-0.1, -0.05) is 97.1 Å². The normalized spacial score (nSPS) is 12.3. The number of fused-ring (bicyclic) bond motifs is 7. The lowest BCUT2D eigenvalue weighted by Crippen LogP contribution is -1.80. The Hall–Kier alpha value is -4.50. The lowest BCUT2D eigenvalue weighted by Gasteiger charge is -2.06. The summed E-state index contributed by atoms with van der Waals surface area (Å²) in [5, 5.41) is 7.83. The second kappa shape index (κ2) is 10.1.